The first-order valence-corrected chi connectivity index (χ1v) is 4.18. The number of nitrogens with zero attached hydrogens (tertiary/aromatic N) is 1. The van der Waals surface area contributed by atoms with Gasteiger partial charge in [-0.25, -0.2) is 0 Å². The van der Waals surface area contributed by atoms with Crippen LogP contribution < -0.4 is 0 Å². The van der Waals surface area contributed by atoms with E-state index in [1.54, 1.807) is 6.21 Å². The van der Waals surface area contributed by atoms with Gasteiger partial charge in [-0.15, -0.1) is 0 Å². The number of allylic oxidation sites excluding steroid dienone is 2. The molecule has 0 aromatic rings. The maximum absolute atomic E-state index is 10.3. The molecule has 0 spiro atoms. The van der Waals surface area contributed by atoms with Crippen LogP contribution in [0.15, 0.2) is 16.6 Å². The van der Waals surface area contributed by atoms with Crippen molar-refractivity contribution in [1.82, 2.24) is 0 Å². The van der Waals surface area contributed by atoms with E-state index in [4.69, 9.17) is 5.11 Å². The van der Waals surface area contributed by atoms with Gasteiger partial charge in [0.1, 0.15) is 0 Å². The zero-order valence-corrected chi connectivity index (χ0v) is 6.99. The fourth-order valence-electron chi connectivity index (χ4n) is 1.19. The van der Waals surface area contributed by atoms with Crippen molar-refractivity contribution in [2.45, 2.75) is 25.7 Å². The SMILES string of the molecule is O=C(O)CCC1=CC=NCCC1. The smallest absolute Gasteiger partial charge is 0.303 e. The van der Waals surface area contributed by atoms with Gasteiger partial charge in [-0.3, -0.25) is 9.79 Å². The van der Waals surface area contributed by atoms with Crippen molar-refractivity contribution in [2.75, 3.05) is 6.54 Å². The van der Waals surface area contributed by atoms with Crippen molar-refractivity contribution in [3.8, 4) is 0 Å². The van der Waals surface area contributed by atoms with Crippen LogP contribution in [0.1, 0.15) is 25.7 Å². The molecule has 0 saturated carbocycles. The van der Waals surface area contributed by atoms with E-state index in [0.717, 1.165) is 19.4 Å². The van der Waals surface area contributed by atoms with E-state index in [2.05, 4.69) is 4.99 Å². The van der Waals surface area contributed by atoms with Crippen molar-refractivity contribution >= 4 is 12.2 Å². The van der Waals surface area contributed by atoms with E-state index < -0.39 is 5.97 Å². The van der Waals surface area contributed by atoms with Crippen molar-refractivity contribution in [3.05, 3.63) is 11.6 Å². The standard InChI is InChI=1S/C9H13NO2/c11-9(12)4-3-8-2-1-6-10-7-5-8/h5,7H,1-4,6H2,(H,11,12). The number of rotatable bonds is 3. The van der Waals surface area contributed by atoms with Gasteiger partial charge >= 0.3 is 5.97 Å². The highest BCUT2D eigenvalue weighted by Gasteiger charge is 2.02. The third kappa shape index (κ3) is 3.32. The Labute approximate surface area is 71.8 Å². The van der Waals surface area contributed by atoms with E-state index >= 15 is 0 Å². The van der Waals surface area contributed by atoms with Crippen LogP contribution in [0.25, 0.3) is 0 Å². The Hall–Kier alpha value is -1.12. The predicted molar refractivity (Wildman–Crippen MR) is 47.5 cm³/mol. The van der Waals surface area contributed by atoms with Gasteiger partial charge in [0.05, 0.1) is 0 Å². The molecule has 0 fully saturated rings. The van der Waals surface area contributed by atoms with Crippen LogP contribution in [-0.2, 0) is 4.79 Å². The number of carboxylic acids is 1. The van der Waals surface area contributed by atoms with Crippen molar-refractivity contribution in [2.24, 2.45) is 4.99 Å². The zero-order valence-electron chi connectivity index (χ0n) is 6.99. The molecule has 3 heteroatoms. The van der Waals surface area contributed by atoms with Crippen LogP contribution in [0.5, 0.6) is 0 Å². The summed E-state index contributed by atoms with van der Waals surface area (Å²) >= 11 is 0. The number of carbonyl (C=O) groups is 1. The number of carboxylic acid groups (broad SMARTS) is 1. The number of aliphatic imine (C=N–C) groups is 1. The molecule has 1 heterocycles. The van der Waals surface area contributed by atoms with Gasteiger partial charge in [0.2, 0.25) is 0 Å². The normalized spacial score (nSPS) is 16.8. The second-order valence-electron chi connectivity index (χ2n) is 2.88. The molecule has 0 bridgehead atoms. The second-order valence-corrected chi connectivity index (χ2v) is 2.88. The Morgan fingerprint density at radius 3 is 3.25 bits per heavy atom. The quantitative estimate of drug-likeness (QED) is 0.694. The molecule has 0 radical (unpaired) electrons. The molecule has 12 heavy (non-hydrogen) atoms. The van der Waals surface area contributed by atoms with Crippen LogP contribution >= 0.6 is 0 Å². The van der Waals surface area contributed by atoms with Crippen LogP contribution in [0.3, 0.4) is 0 Å². The number of aliphatic carboxylic acids is 1. The van der Waals surface area contributed by atoms with E-state index in [9.17, 15) is 4.79 Å². The predicted octanol–water partition coefficient (Wildman–Crippen LogP) is 1.64. The fourth-order valence-corrected chi connectivity index (χ4v) is 1.19. The van der Waals surface area contributed by atoms with Gasteiger partial charge in [-0.1, -0.05) is 5.57 Å². The van der Waals surface area contributed by atoms with Gasteiger partial charge in [0.15, 0.2) is 0 Å². The van der Waals surface area contributed by atoms with Crippen molar-refractivity contribution in [1.29, 1.82) is 0 Å². The average Bonchev–Trinajstić information content (AvgIpc) is 2.28. The number of hydrogen-bond donors (Lipinski definition) is 1. The molecule has 0 aromatic heterocycles. The van der Waals surface area contributed by atoms with E-state index in [-0.39, 0.29) is 6.42 Å². The van der Waals surface area contributed by atoms with E-state index in [1.165, 1.54) is 5.57 Å². The first-order chi connectivity index (χ1) is 5.79. The lowest BCUT2D eigenvalue weighted by atomic mass is 10.1. The summed E-state index contributed by atoms with van der Waals surface area (Å²) in [6.45, 7) is 0.868. The third-order valence-corrected chi connectivity index (χ3v) is 1.86. The first kappa shape index (κ1) is 8.97. The summed E-state index contributed by atoms with van der Waals surface area (Å²) < 4.78 is 0. The summed E-state index contributed by atoms with van der Waals surface area (Å²) in [6, 6.07) is 0. The summed E-state index contributed by atoms with van der Waals surface area (Å²) in [7, 11) is 0. The summed E-state index contributed by atoms with van der Waals surface area (Å²) in [6.07, 6.45) is 6.66. The molecule has 0 aromatic carbocycles. The molecule has 0 unspecified atom stereocenters. The van der Waals surface area contributed by atoms with Gasteiger partial charge < -0.3 is 5.11 Å². The molecule has 0 saturated heterocycles. The van der Waals surface area contributed by atoms with E-state index in [0.29, 0.717) is 6.42 Å². The average molecular weight is 167 g/mol. The molecule has 1 rings (SSSR count). The molecule has 1 aliphatic rings. The summed E-state index contributed by atoms with van der Waals surface area (Å²) in [5.74, 6) is -0.725. The molecule has 0 aliphatic carbocycles. The lowest BCUT2D eigenvalue weighted by molar-refractivity contribution is -0.136. The fraction of sp³-hybridized carbons (Fsp3) is 0.556. The van der Waals surface area contributed by atoms with Crippen LogP contribution in [0, 0.1) is 0 Å². The molecule has 3 nitrogen and oxygen atoms in total. The van der Waals surface area contributed by atoms with E-state index in [1.807, 2.05) is 6.08 Å². The minimum Gasteiger partial charge on any atom is -0.481 e. The Morgan fingerprint density at radius 2 is 2.50 bits per heavy atom. The minimum absolute atomic E-state index is 0.236. The highest BCUT2D eigenvalue weighted by atomic mass is 16.4. The van der Waals surface area contributed by atoms with Crippen LogP contribution in [0.4, 0.5) is 0 Å². The van der Waals surface area contributed by atoms with Gasteiger partial charge in [-0.05, 0) is 25.3 Å². The Kier molecular flexibility index (Phi) is 3.51. The molecule has 0 atom stereocenters. The molecule has 1 aliphatic heterocycles. The lowest BCUT2D eigenvalue weighted by Gasteiger charge is -2.00. The van der Waals surface area contributed by atoms with Gasteiger partial charge in [0.25, 0.3) is 0 Å². The first-order valence-electron chi connectivity index (χ1n) is 4.18. The molecular formula is C9H13NO2. The van der Waals surface area contributed by atoms with Crippen molar-refractivity contribution in [3.63, 3.8) is 0 Å². The minimum atomic E-state index is -0.725. The Balaban J connectivity index is 2.35. The topological polar surface area (TPSA) is 49.7 Å². The molecule has 66 valence electrons. The van der Waals surface area contributed by atoms with Crippen LogP contribution in [0.2, 0.25) is 0 Å². The summed E-state index contributed by atoms with van der Waals surface area (Å²) in [5, 5.41) is 8.45. The Morgan fingerprint density at radius 1 is 1.67 bits per heavy atom. The van der Waals surface area contributed by atoms with Gasteiger partial charge in [-0.2, -0.15) is 0 Å². The monoisotopic (exact) mass is 167 g/mol. The lowest BCUT2D eigenvalue weighted by Crippen LogP contribution is -1.95. The maximum atomic E-state index is 10.3. The highest BCUT2D eigenvalue weighted by Crippen LogP contribution is 2.13. The van der Waals surface area contributed by atoms with Crippen LogP contribution in [-0.4, -0.2) is 23.8 Å². The number of hydrogen-bond acceptors (Lipinski definition) is 2. The van der Waals surface area contributed by atoms with Gasteiger partial charge in [0, 0.05) is 19.2 Å². The summed E-state index contributed by atoms with van der Waals surface area (Å²) in [4.78, 5) is 14.4. The maximum Gasteiger partial charge on any atom is 0.303 e. The summed E-state index contributed by atoms with van der Waals surface area (Å²) in [5.41, 5.74) is 1.21. The second kappa shape index (κ2) is 4.70. The van der Waals surface area contributed by atoms with Crippen molar-refractivity contribution < 1.29 is 9.90 Å². The molecular weight excluding hydrogens is 154 g/mol. The third-order valence-electron chi connectivity index (χ3n) is 1.86. The highest BCUT2D eigenvalue weighted by molar-refractivity contribution is 5.73. The zero-order chi connectivity index (χ0) is 8.81. The largest absolute Gasteiger partial charge is 0.481 e. The molecule has 0 amide bonds. The Bertz CT molecular complexity index is 219. The molecule has 1 N–H and O–H groups in total.